The van der Waals surface area contributed by atoms with E-state index in [1.807, 2.05) is 61.2 Å². The number of anilines is 1. The molecular formula is C24H28N4O4S. The van der Waals surface area contributed by atoms with Gasteiger partial charge in [-0.25, -0.2) is 8.42 Å². The van der Waals surface area contributed by atoms with E-state index in [9.17, 15) is 8.42 Å². The first-order chi connectivity index (χ1) is 16.0. The van der Waals surface area contributed by atoms with E-state index in [-0.39, 0.29) is 4.90 Å². The van der Waals surface area contributed by atoms with E-state index >= 15 is 0 Å². The molecule has 0 amide bonds. The van der Waals surface area contributed by atoms with Crippen LogP contribution in [0.4, 0.5) is 5.82 Å². The Morgan fingerprint density at radius 1 is 0.848 bits per heavy atom. The lowest BCUT2D eigenvalue weighted by molar-refractivity contribution is 0.319. The third-order valence-corrected chi connectivity index (χ3v) is 7.35. The molecule has 0 aliphatic carbocycles. The third kappa shape index (κ3) is 5.09. The van der Waals surface area contributed by atoms with E-state index in [0.717, 1.165) is 17.1 Å². The number of piperazine rings is 1. The Hall–Kier alpha value is -3.17. The normalized spacial score (nSPS) is 14.8. The molecule has 0 saturated carbocycles. The maximum atomic E-state index is 13.4. The van der Waals surface area contributed by atoms with Crippen LogP contribution in [0.1, 0.15) is 13.8 Å². The number of benzene rings is 2. The van der Waals surface area contributed by atoms with Crippen LogP contribution < -0.4 is 14.4 Å². The fourth-order valence-electron chi connectivity index (χ4n) is 3.77. The van der Waals surface area contributed by atoms with Crippen molar-refractivity contribution in [2.45, 2.75) is 18.7 Å². The van der Waals surface area contributed by atoms with Gasteiger partial charge in [0.05, 0.1) is 18.9 Å². The molecule has 1 saturated heterocycles. The quantitative estimate of drug-likeness (QED) is 0.501. The van der Waals surface area contributed by atoms with Crippen LogP contribution in [0.25, 0.3) is 11.3 Å². The van der Waals surface area contributed by atoms with E-state index in [2.05, 4.69) is 10.2 Å². The number of hydrogen-bond acceptors (Lipinski definition) is 7. The Morgan fingerprint density at radius 2 is 1.58 bits per heavy atom. The van der Waals surface area contributed by atoms with E-state index < -0.39 is 10.0 Å². The van der Waals surface area contributed by atoms with Gasteiger partial charge in [-0.1, -0.05) is 30.3 Å². The number of hydrogen-bond donors (Lipinski definition) is 0. The molecule has 9 heteroatoms. The predicted octanol–water partition coefficient (Wildman–Crippen LogP) is 3.45. The topological polar surface area (TPSA) is 84.9 Å². The van der Waals surface area contributed by atoms with Crippen molar-refractivity contribution in [1.29, 1.82) is 0 Å². The second-order valence-electron chi connectivity index (χ2n) is 7.51. The van der Waals surface area contributed by atoms with Crippen molar-refractivity contribution in [2.24, 2.45) is 0 Å². The van der Waals surface area contributed by atoms with Gasteiger partial charge in [0.2, 0.25) is 10.0 Å². The monoisotopic (exact) mass is 468 g/mol. The predicted molar refractivity (Wildman–Crippen MR) is 127 cm³/mol. The molecule has 1 aromatic heterocycles. The smallest absolute Gasteiger partial charge is 0.247 e. The summed E-state index contributed by atoms with van der Waals surface area (Å²) in [6, 6.07) is 18.7. The number of aromatic nitrogens is 2. The van der Waals surface area contributed by atoms with Crippen molar-refractivity contribution in [3.63, 3.8) is 0 Å². The van der Waals surface area contributed by atoms with Crippen LogP contribution in [0.15, 0.2) is 65.6 Å². The van der Waals surface area contributed by atoms with Gasteiger partial charge in [-0.3, -0.25) is 0 Å². The molecule has 0 spiro atoms. The summed E-state index contributed by atoms with van der Waals surface area (Å²) in [7, 11) is -3.74. The van der Waals surface area contributed by atoms with Gasteiger partial charge in [-0.05, 0) is 38.1 Å². The Balaban J connectivity index is 1.48. The maximum absolute atomic E-state index is 13.4. The van der Waals surface area contributed by atoms with Crippen molar-refractivity contribution in [2.75, 3.05) is 44.3 Å². The minimum absolute atomic E-state index is 0.135. The number of sulfonamides is 1. The number of ether oxygens (including phenoxy) is 2. The van der Waals surface area contributed by atoms with Crippen LogP contribution in [0.2, 0.25) is 0 Å². The molecule has 4 rings (SSSR count). The molecule has 0 unspecified atom stereocenters. The first-order valence-electron chi connectivity index (χ1n) is 11.1. The van der Waals surface area contributed by atoms with Crippen LogP contribution in [-0.2, 0) is 10.0 Å². The fraction of sp³-hybridized carbons (Fsp3) is 0.333. The Labute approximate surface area is 194 Å². The van der Waals surface area contributed by atoms with Crippen LogP contribution in [0.3, 0.4) is 0 Å². The summed E-state index contributed by atoms with van der Waals surface area (Å²) < 4.78 is 39.5. The minimum atomic E-state index is -3.74. The lowest BCUT2D eigenvalue weighted by atomic mass is 10.1. The van der Waals surface area contributed by atoms with Crippen molar-refractivity contribution in [1.82, 2.24) is 14.5 Å². The molecule has 3 aromatic rings. The summed E-state index contributed by atoms with van der Waals surface area (Å²) in [5, 5.41) is 8.71. The Morgan fingerprint density at radius 3 is 2.21 bits per heavy atom. The first-order valence-corrected chi connectivity index (χ1v) is 12.5. The summed E-state index contributed by atoms with van der Waals surface area (Å²) in [4.78, 5) is 2.18. The molecule has 174 valence electrons. The lowest BCUT2D eigenvalue weighted by Gasteiger charge is -2.34. The summed E-state index contributed by atoms with van der Waals surface area (Å²) in [6.45, 7) is 6.25. The summed E-state index contributed by atoms with van der Waals surface area (Å²) in [5.41, 5.74) is 1.81. The van der Waals surface area contributed by atoms with Crippen LogP contribution in [0, 0.1) is 0 Å². The third-order valence-electron chi connectivity index (χ3n) is 5.43. The summed E-state index contributed by atoms with van der Waals surface area (Å²) in [5.74, 6) is 1.58. The maximum Gasteiger partial charge on any atom is 0.247 e. The van der Waals surface area contributed by atoms with Crippen LogP contribution in [0.5, 0.6) is 11.5 Å². The molecule has 0 atom stereocenters. The Kier molecular flexibility index (Phi) is 7.10. The van der Waals surface area contributed by atoms with Gasteiger partial charge >= 0.3 is 0 Å². The zero-order valence-corrected chi connectivity index (χ0v) is 19.7. The molecule has 0 radical (unpaired) electrons. The van der Waals surface area contributed by atoms with Gasteiger partial charge in [0.1, 0.15) is 16.4 Å². The van der Waals surface area contributed by atoms with E-state index in [4.69, 9.17) is 9.47 Å². The standard InChI is InChI=1S/C24H28N4O4S/c1-3-31-20-10-12-22(32-4-2)23(18-20)33(29,30)28-16-14-27(15-17-28)24-13-11-21(25-26-24)19-8-6-5-7-9-19/h5-13,18H,3-4,14-17H2,1-2H3. The van der Waals surface area contributed by atoms with Gasteiger partial charge in [0.25, 0.3) is 0 Å². The largest absolute Gasteiger partial charge is 0.494 e. The van der Waals surface area contributed by atoms with E-state index in [1.54, 1.807) is 18.2 Å². The second kappa shape index (κ2) is 10.2. The SMILES string of the molecule is CCOc1ccc(OCC)c(S(=O)(=O)N2CCN(c3ccc(-c4ccccc4)nn3)CC2)c1. The highest BCUT2D eigenvalue weighted by Crippen LogP contribution is 2.32. The molecule has 2 aromatic carbocycles. The highest BCUT2D eigenvalue weighted by Gasteiger charge is 2.32. The fourth-order valence-corrected chi connectivity index (χ4v) is 5.34. The second-order valence-corrected chi connectivity index (χ2v) is 9.41. The van der Waals surface area contributed by atoms with Gasteiger partial charge in [0.15, 0.2) is 5.82 Å². The molecular weight excluding hydrogens is 440 g/mol. The highest BCUT2D eigenvalue weighted by molar-refractivity contribution is 7.89. The summed E-state index contributed by atoms with van der Waals surface area (Å²) >= 11 is 0. The van der Waals surface area contributed by atoms with Crippen molar-refractivity contribution < 1.29 is 17.9 Å². The van der Waals surface area contributed by atoms with Crippen LogP contribution >= 0.6 is 0 Å². The van der Waals surface area contributed by atoms with Crippen molar-refractivity contribution in [3.05, 3.63) is 60.7 Å². The minimum Gasteiger partial charge on any atom is -0.494 e. The molecule has 2 heterocycles. The average Bonchev–Trinajstić information content (AvgIpc) is 2.86. The van der Waals surface area contributed by atoms with Gasteiger partial charge in [-0.2, -0.15) is 4.31 Å². The zero-order chi connectivity index (χ0) is 23.3. The van der Waals surface area contributed by atoms with Crippen molar-refractivity contribution in [3.8, 4) is 22.8 Å². The van der Waals surface area contributed by atoms with Gasteiger partial charge < -0.3 is 14.4 Å². The molecule has 33 heavy (non-hydrogen) atoms. The molecule has 0 bridgehead atoms. The average molecular weight is 469 g/mol. The Bertz CT molecular complexity index is 1160. The molecule has 1 aliphatic heterocycles. The summed E-state index contributed by atoms with van der Waals surface area (Å²) in [6.07, 6.45) is 0. The zero-order valence-electron chi connectivity index (χ0n) is 18.8. The van der Waals surface area contributed by atoms with Crippen LogP contribution in [-0.4, -0.2) is 62.3 Å². The van der Waals surface area contributed by atoms with E-state index in [1.165, 1.54) is 4.31 Å². The molecule has 1 aliphatic rings. The molecule has 0 N–H and O–H groups in total. The molecule has 1 fully saturated rings. The number of nitrogens with zero attached hydrogens (tertiary/aromatic N) is 4. The van der Waals surface area contributed by atoms with E-state index in [0.29, 0.717) is 50.9 Å². The first kappa shape index (κ1) is 23.0. The number of rotatable bonds is 8. The molecule has 8 nitrogen and oxygen atoms in total. The van der Waals surface area contributed by atoms with Crippen molar-refractivity contribution >= 4 is 15.8 Å². The highest BCUT2D eigenvalue weighted by atomic mass is 32.2. The van der Waals surface area contributed by atoms with Gasteiger partial charge in [-0.15, -0.1) is 10.2 Å². The van der Waals surface area contributed by atoms with Gasteiger partial charge in [0, 0.05) is 37.8 Å². The lowest BCUT2D eigenvalue weighted by Crippen LogP contribution is -2.49.